The van der Waals surface area contributed by atoms with Gasteiger partial charge < -0.3 is 4.90 Å². The maximum absolute atomic E-state index is 12.2. The molecule has 3 unspecified atom stereocenters. The molecule has 0 radical (unpaired) electrons. The third kappa shape index (κ3) is 3.13. The highest BCUT2D eigenvalue weighted by Crippen LogP contribution is 2.28. The van der Waals surface area contributed by atoms with E-state index in [0.29, 0.717) is 5.92 Å². The Balaban J connectivity index is 2.61. The highest BCUT2D eigenvalue weighted by atomic mass is 35.5. The summed E-state index contributed by atoms with van der Waals surface area (Å²) in [5, 5.41) is 0.141. The smallest absolute Gasteiger partial charge is 0.225 e. The van der Waals surface area contributed by atoms with Gasteiger partial charge in [0.15, 0.2) is 0 Å². The number of halogens is 1. The molecule has 0 heterocycles. The van der Waals surface area contributed by atoms with Crippen LogP contribution in [-0.4, -0.2) is 29.3 Å². The van der Waals surface area contributed by atoms with E-state index in [4.69, 9.17) is 11.6 Å². The van der Waals surface area contributed by atoms with Crippen LogP contribution in [0.5, 0.6) is 0 Å². The Morgan fingerprint density at radius 3 is 2.31 bits per heavy atom. The van der Waals surface area contributed by atoms with E-state index < -0.39 is 0 Å². The van der Waals surface area contributed by atoms with Crippen LogP contribution < -0.4 is 0 Å². The van der Waals surface area contributed by atoms with E-state index in [0.717, 1.165) is 12.8 Å². The molecule has 0 aromatic heterocycles. The Hall–Kier alpha value is -0.240. The molecule has 0 N–H and O–H groups in total. The number of alkyl halides is 1. The summed E-state index contributed by atoms with van der Waals surface area (Å²) in [6.45, 7) is 6.19. The lowest BCUT2D eigenvalue weighted by Gasteiger charge is -2.36. The SMILES string of the molecule is CC(C)C(C)C(=O)N(C)C1CCCCC1Cl. The predicted molar refractivity (Wildman–Crippen MR) is 68.7 cm³/mol. The van der Waals surface area contributed by atoms with Gasteiger partial charge in [0, 0.05) is 19.0 Å². The molecule has 2 nitrogen and oxygen atoms in total. The largest absolute Gasteiger partial charge is 0.341 e. The molecule has 1 rings (SSSR count). The molecular formula is C13H24ClNO. The number of rotatable bonds is 3. The molecule has 16 heavy (non-hydrogen) atoms. The quantitative estimate of drug-likeness (QED) is 0.699. The Morgan fingerprint density at radius 1 is 1.25 bits per heavy atom. The molecule has 94 valence electrons. The highest BCUT2D eigenvalue weighted by molar-refractivity contribution is 6.21. The highest BCUT2D eigenvalue weighted by Gasteiger charge is 2.31. The zero-order chi connectivity index (χ0) is 12.3. The summed E-state index contributed by atoms with van der Waals surface area (Å²) in [4.78, 5) is 14.1. The summed E-state index contributed by atoms with van der Waals surface area (Å²) in [7, 11) is 1.91. The Labute approximate surface area is 104 Å². The second-order valence-electron chi connectivity index (χ2n) is 5.35. The van der Waals surface area contributed by atoms with Crippen molar-refractivity contribution in [3.8, 4) is 0 Å². The standard InChI is InChI=1S/C13H24ClNO/c1-9(2)10(3)13(16)15(4)12-8-6-5-7-11(12)14/h9-12H,5-8H2,1-4H3. The van der Waals surface area contributed by atoms with Crippen LogP contribution in [0.3, 0.4) is 0 Å². The molecular weight excluding hydrogens is 222 g/mol. The van der Waals surface area contributed by atoms with E-state index in [-0.39, 0.29) is 23.2 Å². The normalized spacial score (nSPS) is 27.9. The fourth-order valence-electron chi connectivity index (χ4n) is 2.27. The summed E-state index contributed by atoms with van der Waals surface area (Å²) >= 11 is 6.31. The van der Waals surface area contributed by atoms with E-state index in [1.54, 1.807) is 0 Å². The molecule has 0 aliphatic heterocycles. The van der Waals surface area contributed by atoms with Crippen LogP contribution >= 0.6 is 11.6 Å². The van der Waals surface area contributed by atoms with Gasteiger partial charge in [-0.25, -0.2) is 0 Å². The molecule has 0 bridgehead atoms. The van der Waals surface area contributed by atoms with Gasteiger partial charge in [0.25, 0.3) is 0 Å². The first-order valence-corrected chi connectivity index (χ1v) is 6.79. The molecule has 1 fully saturated rings. The van der Waals surface area contributed by atoms with Crippen molar-refractivity contribution in [1.82, 2.24) is 4.90 Å². The Bertz CT molecular complexity index is 242. The second-order valence-corrected chi connectivity index (χ2v) is 5.91. The Kier molecular flexibility index (Phi) is 5.10. The van der Waals surface area contributed by atoms with Gasteiger partial charge in [-0.05, 0) is 18.8 Å². The van der Waals surface area contributed by atoms with Gasteiger partial charge in [-0.2, -0.15) is 0 Å². The number of hydrogen-bond acceptors (Lipinski definition) is 1. The molecule has 1 amide bonds. The van der Waals surface area contributed by atoms with E-state index in [9.17, 15) is 4.79 Å². The maximum Gasteiger partial charge on any atom is 0.225 e. The average Bonchev–Trinajstić information content (AvgIpc) is 2.26. The summed E-state index contributed by atoms with van der Waals surface area (Å²) in [6.07, 6.45) is 4.50. The van der Waals surface area contributed by atoms with Crippen molar-refractivity contribution < 1.29 is 4.79 Å². The minimum Gasteiger partial charge on any atom is -0.341 e. The lowest BCUT2D eigenvalue weighted by molar-refractivity contribution is -0.137. The van der Waals surface area contributed by atoms with Gasteiger partial charge >= 0.3 is 0 Å². The van der Waals surface area contributed by atoms with Gasteiger partial charge in [-0.3, -0.25) is 4.79 Å². The first-order valence-electron chi connectivity index (χ1n) is 6.36. The van der Waals surface area contributed by atoms with Crippen molar-refractivity contribution in [1.29, 1.82) is 0 Å². The molecule has 0 aromatic carbocycles. The van der Waals surface area contributed by atoms with Crippen LogP contribution in [0.4, 0.5) is 0 Å². The van der Waals surface area contributed by atoms with Crippen LogP contribution in [0.15, 0.2) is 0 Å². The van der Waals surface area contributed by atoms with Crippen molar-refractivity contribution in [2.75, 3.05) is 7.05 Å². The molecule has 1 saturated carbocycles. The van der Waals surface area contributed by atoms with Crippen molar-refractivity contribution in [3.63, 3.8) is 0 Å². The average molecular weight is 246 g/mol. The molecule has 0 aromatic rings. The molecule has 0 saturated heterocycles. The van der Waals surface area contributed by atoms with Gasteiger partial charge in [0.2, 0.25) is 5.91 Å². The van der Waals surface area contributed by atoms with Crippen LogP contribution in [-0.2, 0) is 4.79 Å². The lowest BCUT2D eigenvalue weighted by Crippen LogP contribution is -2.46. The monoisotopic (exact) mass is 245 g/mol. The third-order valence-corrected chi connectivity index (χ3v) is 4.39. The van der Waals surface area contributed by atoms with Crippen molar-refractivity contribution in [2.45, 2.75) is 57.9 Å². The number of hydrogen-bond donors (Lipinski definition) is 0. The number of nitrogens with zero attached hydrogens (tertiary/aromatic N) is 1. The Morgan fingerprint density at radius 2 is 1.81 bits per heavy atom. The van der Waals surface area contributed by atoms with Crippen molar-refractivity contribution in [2.24, 2.45) is 11.8 Å². The molecule has 0 spiro atoms. The van der Waals surface area contributed by atoms with Gasteiger partial charge in [0.1, 0.15) is 0 Å². The van der Waals surface area contributed by atoms with Crippen LogP contribution in [0, 0.1) is 11.8 Å². The van der Waals surface area contributed by atoms with E-state index in [1.165, 1.54) is 12.8 Å². The van der Waals surface area contributed by atoms with E-state index in [2.05, 4.69) is 13.8 Å². The molecule has 3 atom stereocenters. The summed E-state index contributed by atoms with van der Waals surface area (Å²) in [6, 6.07) is 0.240. The zero-order valence-corrected chi connectivity index (χ0v) is 11.6. The molecule has 1 aliphatic rings. The topological polar surface area (TPSA) is 20.3 Å². The minimum atomic E-state index is 0.0933. The number of carbonyl (C=O) groups excluding carboxylic acids is 1. The van der Waals surface area contributed by atoms with Gasteiger partial charge in [-0.1, -0.05) is 33.6 Å². The van der Waals surface area contributed by atoms with Crippen molar-refractivity contribution >= 4 is 17.5 Å². The fourth-order valence-corrected chi connectivity index (χ4v) is 2.72. The van der Waals surface area contributed by atoms with E-state index in [1.807, 2.05) is 18.9 Å². The van der Waals surface area contributed by atoms with Gasteiger partial charge in [0.05, 0.1) is 5.38 Å². The first kappa shape index (κ1) is 13.8. The minimum absolute atomic E-state index is 0.0933. The first-order chi connectivity index (χ1) is 7.45. The van der Waals surface area contributed by atoms with Crippen molar-refractivity contribution in [3.05, 3.63) is 0 Å². The third-order valence-electron chi connectivity index (χ3n) is 3.88. The van der Waals surface area contributed by atoms with Crippen LogP contribution in [0.1, 0.15) is 46.5 Å². The van der Waals surface area contributed by atoms with E-state index >= 15 is 0 Å². The van der Waals surface area contributed by atoms with Gasteiger partial charge in [-0.15, -0.1) is 11.6 Å². The van der Waals surface area contributed by atoms with Crippen LogP contribution in [0.2, 0.25) is 0 Å². The summed E-state index contributed by atoms with van der Waals surface area (Å²) in [5.74, 6) is 0.732. The summed E-state index contributed by atoms with van der Waals surface area (Å²) in [5.41, 5.74) is 0. The zero-order valence-electron chi connectivity index (χ0n) is 10.9. The fraction of sp³-hybridized carbons (Fsp3) is 0.923. The maximum atomic E-state index is 12.2. The lowest BCUT2D eigenvalue weighted by atomic mass is 9.91. The molecule has 3 heteroatoms. The molecule has 1 aliphatic carbocycles. The predicted octanol–water partition coefficient (Wildman–Crippen LogP) is 3.29. The summed E-state index contributed by atoms with van der Waals surface area (Å²) < 4.78 is 0. The number of carbonyl (C=O) groups is 1. The number of amides is 1. The second kappa shape index (κ2) is 5.90. The van der Waals surface area contributed by atoms with Crippen LogP contribution in [0.25, 0.3) is 0 Å².